The minimum Gasteiger partial charge on any atom is -0.369 e. The lowest BCUT2D eigenvalue weighted by atomic mass is 10.2. The van der Waals surface area contributed by atoms with Crippen molar-refractivity contribution in [3.63, 3.8) is 0 Å². The van der Waals surface area contributed by atoms with Crippen LogP contribution >= 0.6 is 38.5 Å². The van der Waals surface area contributed by atoms with Crippen molar-refractivity contribution in [3.05, 3.63) is 16.1 Å². The van der Waals surface area contributed by atoms with Crippen LogP contribution in [-0.4, -0.2) is 21.3 Å². The highest BCUT2D eigenvalue weighted by atomic mass is 127. The second kappa shape index (κ2) is 6.55. The number of aromatic nitrogens is 2. The Labute approximate surface area is 106 Å². The summed E-state index contributed by atoms with van der Waals surface area (Å²) in [4.78, 5) is 8.68. The van der Waals surface area contributed by atoms with Crippen LogP contribution < -0.4 is 5.32 Å². The van der Waals surface area contributed by atoms with Gasteiger partial charge in [-0.15, -0.1) is 0 Å². The van der Waals surface area contributed by atoms with Crippen molar-refractivity contribution >= 4 is 44.3 Å². The summed E-state index contributed by atoms with van der Waals surface area (Å²) < 4.78 is 1.06. The molecule has 1 heterocycles. The van der Waals surface area contributed by atoms with Gasteiger partial charge in [-0.05, 0) is 35.4 Å². The standard InChI is InChI=1S/C9H13BrIN3/c1-2-7(10)3-4-13-9-8(11)5-12-6-14-9/h5-7H,2-4H2,1H3,(H,12,13,14). The molecule has 3 nitrogen and oxygen atoms in total. The van der Waals surface area contributed by atoms with Crippen LogP contribution in [0.3, 0.4) is 0 Å². The zero-order valence-electron chi connectivity index (χ0n) is 8.00. The minimum absolute atomic E-state index is 0.592. The maximum atomic E-state index is 4.16. The predicted molar refractivity (Wildman–Crippen MR) is 70.9 cm³/mol. The molecule has 1 rings (SSSR count). The molecular formula is C9H13BrIN3. The van der Waals surface area contributed by atoms with Crippen molar-refractivity contribution in [1.82, 2.24) is 9.97 Å². The van der Waals surface area contributed by atoms with E-state index in [-0.39, 0.29) is 0 Å². The Kier molecular flexibility index (Phi) is 5.69. The average molecular weight is 370 g/mol. The number of hydrogen-bond acceptors (Lipinski definition) is 3. The monoisotopic (exact) mass is 369 g/mol. The number of nitrogens with zero attached hydrogens (tertiary/aromatic N) is 2. The van der Waals surface area contributed by atoms with Crippen LogP contribution in [0.25, 0.3) is 0 Å². The molecule has 0 radical (unpaired) electrons. The lowest BCUT2D eigenvalue weighted by Crippen LogP contribution is -2.09. The van der Waals surface area contributed by atoms with Crippen molar-refractivity contribution in [1.29, 1.82) is 0 Å². The van der Waals surface area contributed by atoms with E-state index < -0.39 is 0 Å². The van der Waals surface area contributed by atoms with Gasteiger partial charge in [0.15, 0.2) is 0 Å². The zero-order chi connectivity index (χ0) is 10.4. The van der Waals surface area contributed by atoms with Crippen molar-refractivity contribution in [3.8, 4) is 0 Å². The van der Waals surface area contributed by atoms with E-state index in [1.54, 1.807) is 12.5 Å². The molecule has 0 amide bonds. The normalized spacial score (nSPS) is 12.5. The first-order valence-electron chi connectivity index (χ1n) is 4.57. The van der Waals surface area contributed by atoms with E-state index in [1.165, 1.54) is 0 Å². The first kappa shape index (κ1) is 12.2. The molecule has 0 fully saturated rings. The van der Waals surface area contributed by atoms with Gasteiger partial charge in [-0.2, -0.15) is 0 Å². The van der Waals surface area contributed by atoms with Crippen LogP contribution in [-0.2, 0) is 0 Å². The van der Waals surface area contributed by atoms with Gasteiger partial charge < -0.3 is 5.32 Å². The SMILES string of the molecule is CCC(Br)CCNc1ncncc1I. The molecule has 78 valence electrons. The highest BCUT2D eigenvalue weighted by Gasteiger charge is 2.02. The largest absolute Gasteiger partial charge is 0.369 e. The lowest BCUT2D eigenvalue weighted by Gasteiger charge is -2.09. The molecule has 0 spiro atoms. The molecule has 0 aliphatic carbocycles. The quantitative estimate of drug-likeness (QED) is 0.640. The van der Waals surface area contributed by atoms with Gasteiger partial charge >= 0.3 is 0 Å². The van der Waals surface area contributed by atoms with E-state index in [9.17, 15) is 0 Å². The third kappa shape index (κ3) is 4.08. The van der Waals surface area contributed by atoms with Crippen LogP contribution in [0.1, 0.15) is 19.8 Å². The molecule has 1 unspecified atom stereocenters. The van der Waals surface area contributed by atoms with Crippen LogP contribution in [0.5, 0.6) is 0 Å². The molecule has 5 heteroatoms. The second-order valence-electron chi connectivity index (χ2n) is 2.94. The third-order valence-electron chi connectivity index (χ3n) is 1.86. The van der Waals surface area contributed by atoms with Gasteiger partial charge in [0.25, 0.3) is 0 Å². The van der Waals surface area contributed by atoms with E-state index in [0.29, 0.717) is 4.83 Å². The highest BCUT2D eigenvalue weighted by molar-refractivity contribution is 14.1. The van der Waals surface area contributed by atoms with Crippen molar-refractivity contribution in [2.45, 2.75) is 24.6 Å². The van der Waals surface area contributed by atoms with Gasteiger partial charge in [0.05, 0.1) is 3.57 Å². The van der Waals surface area contributed by atoms with E-state index in [2.05, 4.69) is 60.7 Å². The number of nitrogens with one attached hydrogen (secondary N) is 1. The summed E-state index contributed by atoms with van der Waals surface area (Å²) in [6.07, 6.45) is 5.64. The Hall–Kier alpha value is 0.0900. The van der Waals surface area contributed by atoms with E-state index >= 15 is 0 Å². The summed E-state index contributed by atoms with van der Waals surface area (Å²) in [6.45, 7) is 3.12. The maximum Gasteiger partial charge on any atom is 0.142 e. The topological polar surface area (TPSA) is 37.8 Å². The Bertz CT molecular complexity index is 283. The molecule has 1 aromatic rings. The zero-order valence-corrected chi connectivity index (χ0v) is 11.7. The number of anilines is 1. The molecule has 0 saturated carbocycles. The van der Waals surface area contributed by atoms with E-state index in [0.717, 1.165) is 28.8 Å². The average Bonchev–Trinajstić information content (AvgIpc) is 2.20. The van der Waals surface area contributed by atoms with E-state index in [1.807, 2.05) is 0 Å². The Morgan fingerprint density at radius 1 is 1.64 bits per heavy atom. The molecule has 0 aliphatic rings. The molecule has 1 N–H and O–H groups in total. The predicted octanol–water partition coefficient (Wildman–Crippen LogP) is 3.06. The fourth-order valence-corrected chi connectivity index (χ4v) is 1.71. The van der Waals surface area contributed by atoms with Gasteiger partial charge in [-0.3, -0.25) is 0 Å². The Morgan fingerprint density at radius 3 is 3.07 bits per heavy atom. The van der Waals surface area contributed by atoms with Gasteiger partial charge in [-0.1, -0.05) is 22.9 Å². The number of halogens is 2. The molecule has 0 aliphatic heterocycles. The fourth-order valence-electron chi connectivity index (χ4n) is 0.994. The van der Waals surface area contributed by atoms with Gasteiger partial charge in [-0.25, -0.2) is 9.97 Å². The summed E-state index contributed by atoms with van der Waals surface area (Å²) in [5.74, 6) is 0.927. The van der Waals surface area contributed by atoms with Crippen molar-refractivity contribution in [2.24, 2.45) is 0 Å². The van der Waals surface area contributed by atoms with Crippen LogP contribution in [0.2, 0.25) is 0 Å². The van der Waals surface area contributed by atoms with Crippen LogP contribution in [0, 0.1) is 3.57 Å². The van der Waals surface area contributed by atoms with Gasteiger partial charge in [0.1, 0.15) is 12.1 Å². The summed E-state index contributed by atoms with van der Waals surface area (Å²) >= 11 is 5.82. The summed E-state index contributed by atoms with van der Waals surface area (Å²) in [7, 11) is 0. The maximum absolute atomic E-state index is 4.16. The lowest BCUT2D eigenvalue weighted by molar-refractivity contribution is 0.772. The van der Waals surface area contributed by atoms with Crippen LogP contribution in [0.4, 0.5) is 5.82 Å². The molecule has 14 heavy (non-hydrogen) atoms. The Morgan fingerprint density at radius 2 is 2.43 bits per heavy atom. The third-order valence-corrected chi connectivity index (χ3v) is 3.76. The van der Waals surface area contributed by atoms with Gasteiger partial charge in [0.2, 0.25) is 0 Å². The summed E-state index contributed by atoms with van der Waals surface area (Å²) in [6, 6.07) is 0. The molecule has 0 saturated heterocycles. The Balaban J connectivity index is 2.35. The molecule has 0 aromatic carbocycles. The fraction of sp³-hybridized carbons (Fsp3) is 0.556. The smallest absolute Gasteiger partial charge is 0.142 e. The van der Waals surface area contributed by atoms with Crippen LogP contribution in [0.15, 0.2) is 12.5 Å². The van der Waals surface area contributed by atoms with Gasteiger partial charge in [0, 0.05) is 17.6 Å². The van der Waals surface area contributed by atoms with Crippen molar-refractivity contribution in [2.75, 3.05) is 11.9 Å². The number of hydrogen-bond donors (Lipinski definition) is 1. The minimum atomic E-state index is 0.592. The molecule has 1 atom stereocenters. The van der Waals surface area contributed by atoms with E-state index in [4.69, 9.17) is 0 Å². The number of alkyl halides is 1. The summed E-state index contributed by atoms with van der Waals surface area (Å²) in [5, 5.41) is 3.29. The number of rotatable bonds is 5. The molecule has 0 bridgehead atoms. The molecule has 1 aromatic heterocycles. The summed E-state index contributed by atoms with van der Waals surface area (Å²) in [5.41, 5.74) is 0. The highest BCUT2D eigenvalue weighted by Crippen LogP contribution is 2.14. The second-order valence-corrected chi connectivity index (χ2v) is 5.40. The first-order chi connectivity index (χ1) is 6.74. The van der Waals surface area contributed by atoms with Crippen molar-refractivity contribution < 1.29 is 0 Å². The first-order valence-corrected chi connectivity index (χ1v) is 6.57. The molecular weight excluding hydrogens is 357 g/mol.